The number of benzene rings is 1. The van der Waals surface area contributed by atoms with Crippen molar-refractivity contribution in [3.63, 3.8) is 0 Å². The molecule has 2 N–H and O–H groups in total. The Balaban J connectivity index is 1.67. The van der Waals surface area contributed by atoms with Gasteiger partial charge in [-0.05, 0) is 17.9 Å². The lowest BCUT2D eigenvalue weighted by Gasteiger charge is -2.24. The van der Waals surface area contributed by atoms with E-state index in [0.29, 0.717) is 19.4 Å². The van der Waals surface area contributed by atoms with Crippen LogP contribution in [-0.4, -0.2) is 45.7 Å². The van der Waals surface area contributed by atoms with Gasteiger partial charge in [0.05, 0.1) is 12.0 Å². The minimum absolute atomic E-state index is 0.0797. The number of ketones is 2. The van der Waals surface area contributed by atoms with E-state index < -0.39 is 29.7 Å². The third-order valence-electron chi connectivity index (χ3n) is 5.62. The van der Waals surface area contributed by atoms with Crippen molar-refractivity contribution >= 4 is 23.6 Å². The number of alkyl carbamates (subject to hydrolysis) is 1. The Morgan fingerprint density at radius 3 is 2.73 bits per heavy atom. The molecule has 9 heteroatoms. The molecule has 0 fully saturated rings. The van der Waals surface area contributed by atoms with Gasteiger partial charge in [-0.1, -0.05) is 44.2 Å². The van der Waals surface area contributed by atoms with E-state index in [1.807, 2.05) is 34.9 Å². The van der Waals surface area contributed by atoms with Crippen molar-refractivity contribution in [3.05, 3.63) is 54.1 Å². The molecule has 0 aliphatic carbocycles. The smallest absolute Gasteiger partial charge is 0.408 e. The Labute approximate surface area is 192 Å². The van der Waals surface area contributed by atoms with E-state index in [2.05, 4.69) is 15.6 Å². The van der Waals surface area contributed by atoms with Crippen molar-refractivity contribution in [3.8, 4) is 0 Å². The number of ether oxygens (including phenoxy) is 1. The van der Waals surface area contributed by atoms with Crippen molar-refractivity contribution in [1.82, 2.24) is 20.2 Å². The monoisotopic (exact) mass is 454 g/mol. The molecule has 1 aromatic heterocycles. The Bertz CT molecular complexity index is 986. The molecule has 0 spiro atoms. The fourth-order valence-corrected chi connectivity index (χ4v) is 3.81. The van der Waals surface area contributed by atoms with E-state index in [1.54, 1.807) is 26.2 Å². The first-order chi connectivity index (χ1) is 15.8. The van der Waals surface area contributed by atoms with E-state index in [-0.39, 0.29) is 31.3 Å². The molecule has 0 saturated heterocycles. The highest BCUT2D eigenvalue weighted by Crippen LogP contribution is 2.17. The van der Waals surface area contributed by atoms with Gasteiger partial charge < -0.3 is 19.9 Å². The van der Waals surface area contributed by atoms with Crippen LogP contribution in [0.4, 0.5) is 4.79 Å². The largest absolute Gasteiger partial charge is 0.445 e. The molecule has 2 heterocycles. The number of amides is 2. The fourth-order valence-electron chi connectivity index (χ4n) is 3.81. The molecule has 0 bridgehead atoms. The van der Waals surface area contributed by atoms with E-state index in [0.717, 1.165) is 11.4 Å². The number of aryl methyl sites for hydroxylation is 1. The van der Waals surface area contributed by atoms with Gasteiger partial charge in [0.15, 0.2) is 5.78 Å². The van der Waals surface area contributed by atoms with Crippen LogP contribution in [-0.2, 0) is 38.7 Å². The number of carbonyl (C=O) groups excluding carboxylic acids is 4. The summed E-state index contributed by atoms with van der Waals surface area (Å²) in [5.41, 5.74) is 0.828. The summed E-state index contributed by atoms with van der Waals surface area (Å²) < 4.78 is 7.06. The van der Waals surface area contributed by atoms with Gasteiger partial charge in [-0.2, -0.15) is 0 Å². The predicted molar refractivity (Wildman–Crippen MR) is 120 cm³/mol. The van der Waals surface area contributed by atoms with Gasteiger partial charge in [-0.3, -0.25) is 14.4 Å². The standard InChI is InChI=1S/C24H30N4O5/c1-16(2)21(27-24(32)33-15-17-7-4-3-5-8-17)19(29)13-18-14-28-12-11-25-20(28)9-6-10-26-23(31)22(18)30/h3-5,7-8,11-12,16,18,21H,6,9-10,13-15H2,1-2H3,(H,26,31)(H,27,32). The second-order valence-corrected chi connectivity index (χ2v) is 8.51. The highest BCUT2D eigenvalue weighted by molar-refractivity contribution is 6.37. The van der Waals surface area contributed by atoms with Gasteiger partial charge in [-0.25, -0.2) is 9.78 Å². The molecule has 0 radical (unpaired) electrons. The van der Waals surface area contributed by atoms with Gasteiger partial charge in [0.1, 0.15) is 12.4 Å². The predicted octanol–water partition coefficient (Wildman–Crippen LogP) is 2.04. The number of hydrogen-bond acceptors (Lipinski definition) is 6. The first-order valence-electron chi connectivity index (χ1n) is 11.2. The summed E-state index contributed by atoms with van der Waals surface area (Å²) in [6, 6.07) is 8.37. The summed E-state index contributed by atoms with van der Waals surface area (Å²) >= 11 is 0. The minimum Gasteiger partial charge on any atom is -0.445 e. The molecule has 0 saturated carbocycles. The van der Waals surface area contributed by atoms with Gasteiger partial charge in [0.2, 0.25) is 5.78 Å². The van der Waals surface area contributed by atoms with Crippen LogP contribution in [0.5, 0.6) is 0 Å². The third kappa shape index (κ3) is 6.74. The molecular weight excluding hydrogens is 424 g/mol. The van der Waals surface area contributed by atoms with Crippen LogP contribution in [0.15, 0.2) is 42.7 Å². The number of aromatic nitrogens is 2. The molecule has 9 nitrogen and oxygen atoms in total. The number of rotatable bonds is 7. The van der Waals surface area contributed by atoms with Crippen molar-refractivity contribution in [2.75, 3.05) is 6.54 Å². The zero-order valence-electron chi connectivity index (χ0n) is 19.0. The molecule has 2 aromatic rings. The second-order valence-electron chi connectivity index (χ2n) is 8.51. The molecule has 2 unspecified atom stereocenters. The lowest BCUT2D eigenvalue weighted by molar-refractivity contribution is -0.141. The maximum absolute atomic E-state index is 13.1. The molecule has 2 amide bonds. The Kier molecular flexibility index (Phi) is 8.34. The molecule has 1 aromatic carbocycles. The molecule has 3 rings (SSSR count). The summed E-state index contributed by atoms with van der Waals surface area (Å²) in [4.78, 5) is 54.9. The van der Waals surface area contributed by atoms with Gasteiger partial charge in [-0.15, -0.1) is 0 Å². The highest BCUT2D eigenvalue weighted by Gasteiger charge is 2.33. The van der Waals surface area contributed by atoms with E-state index >= 15 is 0 Å². The van der Waals surface area contributed by atoms with Crippen LogP contribution >= 0.6 is 0 Å². The van der Waals surface area contributed by atoms with Crippen LogP contribution < -0.4 is 10.6 Å². The molecule has 33 heavy (non-hydrogen) atoms. The van der Waals surface area contributed by atoms with Gasteiger partial charge in [0.25, 0.3) is 5.91 Å². The Morgan fingerprint density at radius 1 is 1.24 bits per heavy atom. The van der Waals surface area contributed by atoms with E-state index in [9.17, 15) is 19.2 Å². The number of Topliss-reactive ketones (excluding diaryl/α,β-unsaturated/α-hetero) is 2. The summed E-state index contributed by atoms with van der Waals surface area (Å²) in [6.45, 7) is 4.22. The highest BCUT2D eigenvalue weighted by atomic mass is 16.5. The number of fused-ring (bicyclic) bond motifs is 1. The Hall–Kier alpha value is -3.49. The zero-order chi connectivity index (χ0) is 23.8. The van der Waals surface area contributed by atoms with Crippen LogP contribution in [0.1, 0.15) is 38.1 Å². The first kappa shape index (κ1) is 24.2. The van der Waals surface area contributed by atoms with Crippen LogP contribution in [0.2, 0.25) is 0 Å². The number of imidazole rings is 1. The summed E-state index contributed by atoms with van der Waals surface area (Å²) in [5, 5.41) is 5.24. The maximum Gasteiger partial charge on any atom is 0.408 e. The lowest BCUT2D eigenvalue weighted by Crippen LogP contribution is -2.47. The summed E-state index contributed by atoms with van der Waals surface area (Å²) in [7, 11) is 0. The molecule has 1 aliphatic heterocycles. The number of nitrogens with zero attached hydrogens (tertiary/aromatic N) is 2. The number of nitrogens with one attached hydrogen (secondary N) is 2. The summed E-state index contributed by atoms with van der Waals surface area (Å²) in [5.74, 6) is -1.93. The average molecular weight is 455 g/mol. The van der Waals surface area contributed by atoms with Crippen molar-refractivity contribution in [2.24, 2.45) is 11.8 Å². The topological polar surface area (TPSA) is 119 Å². The fraction of sp³-hybridized carbons (Fsp3) is 0.458. The Morgan fingerprint density at radius 2 is 2.00 bits per heavy atom. The molecule has 176 valence electrons. The van der Waals surface area contributed by atoms with Gasteiger partial charge >= 0.3 is 6.09 Å². The third-order valence-corrected chi connectivity index (χ3v) is 5.62. The molecular formula is C24H30N4O5. The SMILES string of the molecule is CC(C)C(NC(=O)OCc1ccccc1)C(=O)CC1Cn2ccnc2CCCNC(=O)C1=O. The summed E-state index contributed by atoms with van der Waals surface area (Å²) in [6.07, 6.45) is 3.84. The minimum atomic E-state index is -0.855. The normalized spacial score (nSPS) is 17.6. The second kappa shape index (κ2) is 11.4. The molecule has 2 atom stereocenters. The maximum atomic E-state index is 13.1. The quantitative estimate of drug-likeness (QED) is 0.618. The zero-order valence-corrected chi connectivity index (χ0v) is 19.0. The van der Waals surface area contributed by atoms with Crippen LogP contribution in [0.25, 0.3) is 0 Å². The van der Waals surface area contributed by atoms with E-state index in [1.165, 1.54) is 0 Å². The molecule has 1 aliphatic rings. The average Bonchev–Trinajstić information content (AvgIpc) is 3.24. The lowest BCUT2D eigenvalue weighted by atomic mass is 9.89. The van der Waals surface area contributed by atoms with Crippen LogP contribution in [0.3, 0.4) is 0 Å². The van der Waals surface area contributed by atoms with Crippen molar-refractivity contribution in [1.29, 1.82) is 0 Å². The number of carbonyl (C=O) groups is 4. The van der Waals surface area contributed by atoms with Crippen molar-refractivity contribution < 1.29 is 23.9 Å². The van der Waals surface area contributed by atoms with Crippen molar-refractivity contribution in [2.45, 2.75) is 52.3 Å². The van der Waals surface area contributed by atoms with Crippen LogP contribution in [0, 0.1) is 11.8 Å². The van der Waals surface area contributed by atoms with E-state index in [4.69, 9.17) is 4.74 Å². The van der Waals surface area contributed by atoms with Gasteiger partial charge in [0, 0.05) is 38.3 Å². The first-order valence-corrected chi connectivity index (χ1v) is 11.2. The number of hydrogen-bond donors (Lipinski definition) is 2.